The maximum absolute atomic E-state index is 12.2. The molecule has 0 saturated carbocycles. The molecule has 1 N–H and O–H groups in total. The smallest absolute Gasteiger partial charge is 0.296 e. The molecule has 1 aromatic rings. The summed E-state index contributed by atoms with van der Waals surface area (Å²) in [6.07, 6.45) is 3.74. The zero-order valence-corrected chi connectivity index (χ0v) is 15.9. The van der Waals surface area contributed by atoms with Gasteiger partial charge in [-0.15, -0.1) is 0 Å². The predicted octanol–water partition coefficient (Wildman–Crippen LogP) is 2.18. The van der Waals surface area contributed by atoms with E-state index in [1.165, 1.54) is 25.5 Å². The number of nitrogens with zero attached hydrogens (tertiary/aromatic N) is 1. The van der Waals surface area contributed by atoms with E-state index in [0.717, 1.165) is 10.8 Å². The Bertz CT molecular complexity index is 780. The van der Waals surface area contributed by atoms with Crippen molar-refractivity contribution in [3.63, 3.8) is 0 Å². The maximum atomic E-state index is 12.2. The van der Waals surface area contributed by atoms with Gasteiger partial charge in [0.25, 0.3) is 5.56 Å². The number of H-pyrrole nitrogens is 1. The highest BCUT2D eigenvalue weighted by atomic mass is 35.5. The van der Waals surface area contributed by atoms with Gasteiger partial charge in [-0.05, 0) is 0 Å². The number of aromatic amines is 1. The van der Waals surface area contributed by atoms with Crippen molar-refractivity contribution in [1.82, 2.24) is 9.55 Å². The van der Waals surface area contributed by atoms with Crippen LogP contribution < -0.4 is 11.2 Å². The molecular weight excluding hydrogens is 388 g/mol. The Kier molecular flexibility index (Phi) is 7.95. The number of allylic oxidation sites excluding steroid dienone is 2. The number of nitrogens with one attached hydrogen (secondary N) is 1. The molecule has 23 heavy (non-hydrogen) atoms. The number of hydrogen-bond acceptors (Lipinski definition) is 7. The van der Waals surface area contributed by atoms with E-state index in [2.05, 4.69) is 0 Å². The SMILES string of the molecule is C[PH](=O)OP(=O)(C/C=C/Cn1cc(Cl)c(=O)[nH]c1=O)O[PH](C)=O. The molecule has 9 nitrogen and oxygen atoms in total. The van der Waals surface area contributed by atoms with Gasteiger partial charge >= 0.3 is 13.3 Å². The first kappa shape index (κ1) is 20.4. The third-order valence-corrected chi connectivity index (χ3v) is 7.51. The summed E-state index contributed by atoms with van der Waals surface area (Å²) >= 11 is 5.61. The molecule has 0 saturated heterocycles. The van der Waals surface area contributed by atoms with Crippen molar-refractivity contribution >= 4 is 35.3 Å². The van der Waals surface area contributed by atoms with E-state index in [1.54, 1.807) is 0 Å². The van der Waals surface area contributed by atoms with Gasteiger partial charge < -0.3 is 0 Å². The first-order chi connectivity index (χ1) is 10.6. The van der Waals surface area contributed by atoms with Crippen molar-refractivity contribution in [2.24, 2.45) is 0 Å². The van der Waals surface area contributed by atoms with E-state index in [9.17, 15) is 23.3 Å². The first-order valence-corrected chi connectivity index (χ1v) is 12.0. The molecule has 1 heterocycles. The van der Waals surface area contributed by atoms with Crippen LogP contribution >= 0.6 is 35.3 Å². The molecule has 130 valence electrons. The van der Waals surface area contributed by atoms with Crippen LogP contribution in [-0.2, 0) is 28.9 Å². The van der Waals surface area contributed by atoms with E-state index < -0.39 is 34.9 Å². The molecule has 0 amide bonds. The van der Waals surface area contributed by atoms with E-state index in [1.807, 2.05) is 4.98 Å². The zero-order chi connectivity index (χ0) is 17.6. The van der Waals surface area contributed by atoms with E-state index >= 15 is 0 Å². The van der Waals surface area contributed by atoms with Gasteiger partial charge in [0, 0.05) is 26.1 Å². The topological polar surface area (TPSA) is 125 Å². The van der Waals surface area contributed by atoms with Gasteiger partial charge in [0.1, 0.15) is 5.02 Å². The zero-order valence-electron chi connectivity index (χ0n) is 12.3. The number of halogens is 1. The fourth-order valence-electron chi connectivity index (χ4n) is 1.49. The normalized spacial score (nSPS) is 17.0. The molecule has 0 aliphatic heterocycles. The highest BCUT2D eigenvalue weighted by Gasteiger charge is 2.26. The summed E-state index contributed by atoms with van der Waals surface area (Å²) < 4.78 is 45.1. The van der Waals surface area contributed by atoms with Gasteiger partial charge in [-0.1, -0.05) is 23.8 Å². The van der Waals surface area contributed by atoms with E-state index in [-0.39, 0.29) is 17.7 Å². The lowest BCUT2D eigenvalue weighted by Gasteiger charge is -2.13. The van der Waals surface area contributed by atoms with E-state index in [0.29, 0.717) is 0 Å². The van der Waals surface area contributed by atoms with Crippen LogP contribution in [0.1, 0.15) is 0 Å². The van der Waals surface area contributed by atoms with Crippen molar-refractivity contribution in [3.05, 3.63) is 44.2 Å². The summed E-state index contributed by atoms with van der Waals surface area (Å²) in [5.74, 6) is 0. The predicted molar refractivity (Wildman–Crippen MR) is 90.0 cm³/mol. The average molecular weight is 405 g/mol. The number of aromatic nitrogens is 2. The fourth-order valence-corrected chi connectivity index (χ4v) is 6.28. The molecule has 0 aliphatic rings. The molecule has 2 unspecified atom stereocenters. The molecule has 0 bridgehead atoms. The highest BCUT2D eigenvalue weighted by molar-refractivity contribution is 7.66. The van der Waals surface area contributed by atoms with Crippen molar-refractivity contribution in [3.8, 4) is 0 Å². The minimum Gasteiger partial charge on any atom is -0.296 e. The molecule has 1 rings (SSSR count). The lowest BCUT2D eigenvalue weighted by atomic mass is 10.5. The van der Waals surface area contributed by atoms with Crippen LogP contribution in [0, 0.1) is 0 Å². The van der Waals surface area contributed by atoms with Crippen LogP contribution in [0.25, 0.3) is 0 Å². The Labute approximate surface area is 137 Å². The third-order valence-electron chi connectivity index (χ3n) is 2.30. The van der Waals surface area contributed by atoms with Gasteiger partial charge in [-0.3, -0.25) is 36.7 Å². The highest BCUT2D eigenvalue weighted by Crippen LogP contribution is 2.59. The number of hydrogen-bond donors (Lipinski definition) is 1. The molecule has 0 spiro atoms. The fraction of sp³-hybridized carbons (Fsp3) is 0.400. The van der Waals surface area contributed by atoms with Crippen molar-refractivity contribution in [1.29, 1.82) is 0 Å². The first-order valence-electron chi connectivity index (χ1n) is 6.26. The third kappa shape index (κ3) is 7.17. The molecule has 0 radical (unpaired) electrons. The van der Waals surface area contributed by atoms with Gasteiger partial charge in [0.2, 0.25) is 0 Å². The summed E-state index contributed by atoms with van der Waals surface area (Å²) in [6.45, 7) is 2.51. The van der Waals surface area contributed by atoms with Crippen LogP contribution in [0.4, 0.5) is 0 Å². The van der Waals surface area contributed by atoms with Crippen LogP contribution in [0.3, 0.4) is 0 Å². The molecule has 13 heteroatoms. The summed E-state index contributed by atoms with van der Waals surface area (Å²) in [4.78, 5) is 24.7. The van der Waals surface area contributed by atoms with Crippen LogP contribution in [0.2, 0.25) is 5.02 Å². The van der Waals surface area contributed by atoms with Gasteiger partial charge in [0.15, 0.2) is 16.1 Å². The second-order valence-corrected chi connectivity index (χ2v) is 9.74. The molecule has 0 fully saturated rings. The molecular formula is C10H16ClN2O7P3. The monoisotopic (exact) mass is 404 g/mol. The molecule has 1 aromatic heterocycles. The van der Waals surface area contributed by atoms with E-state index in [4.69, 9.17) is 20.2 Å². The minimum atomic E-state index is -3.77. The Hall–Kier alpha value is -0.680. The summed E-state index contributed by atoms with van der Waals surface area (Å²) in [6, 6.07) is 0. The molecule has 0 aliphatic carbocycles. The average Bonchev–Trinajstić information content (AvgIpc) is 2.38. The minimum absolute atomic E-state index is 0.0396. The van der Waals surface area contributed by atoms with Crippen LogP contribution in [0.15, 0.2) is 27.9 Å². The summed E-state index contributed by atoms with van der Waals surface area (Å²) in [5.41, 5.74) is -1.35. The second kappa shape index (κ2) is 8.97. The molecule has 0 aromatic carbocycles. The Morgan fingerprint density at radius 2 is 1.83 bits per heavy atom. The summed E-state index contributed by atoms with van der Waals surface area (Å²) in [7, 11) is -8.87. The van der Waals surface area contributed by atoms with Crippen molar-refractivity contribution < 1.29 is 22.3 Å². The largest absolute Gasteiger partial charge is 0.345 e. The van der Waals surface area contributed by atoms with Crippen molar-refractivity contribution in [2.45, 2.75) is 6.54 Å². The summed E-state index contributed by atoms with van der Waals surface area (Å²) in [5, 5.41) is -0.149. The molecule has 2 atom stereocenters. The van der Waals surface area contributed by atoms with Gasteiger partial charge in [0.05, 0.1) is 6.16 Å². The van der Waals surface area contributed by atoms with Gasteiger partial charge in [-0.25, -0.2) is 4.79 Å². The Balaban J connectivity index is 2.80. The standard InChI is InChI=1S/C10H16ClN2O7P3/c1-21(16)19-23(18,20-22(2)17)6-4-3-5-13-7-8(11)9(14)12-10(13)15/h3-4,7,21-22H,5-6H2,1-2H3,(H,12,14,15)/b4-3+. The van der Waals surface area contributed by atoms with Crippen molar-refractivity contribution in [2.75, 3.05) is 19.5 Å². The van der Waals surface area contributed by atoms with Crippen LogP contribution in [-0.4, -0.2) is 29.0 Å². The lowest BCUT2D eigenvalue weighted by Crippen LogP contribution is -2.29. The van der Waals surface area contributed by atoms with Gasteiger partial charge in [-0.2, -0.15) is 0 Å². The second-order valence-electron chi connectivity index (χ2n) is 4.32. The Morgan fingerprint density at radius 1 is 1.26 bits per heavy atom. The number of rotatable bonds is 8. The Morgan fingerprint density at radius 3 is 2.35 bits per heavy atom. The lowest BCUT2D eigenvalue weighted by molar-refractivity contribution is 0.397. The maximum Gasteiger partial charge on any atom is 0.345 e. The van der Waals surface area contributed by atoms with Crippen LogP contribution in [0.5, 0.6) is 0 Å². The quantitative estimate of drug-likeness (QED) is 0.520.